The van der Waals surface area contributed by atoms with E-state index in [1.807, 2.05) is 71.4 Å². The van der Waals surface area contributed by atoms with Crippen molar-refractivity contribution >= 4 is 44.1 Å². The molecule has 6 rings (SSSR count). The largest absolute Gasteiger partial charge is 0.283 e. The van der Waals surface area contributed by atoms with Crippen molar-refractivity contribution in [3.05, 3.63) is 109 Å². The van der Waals surface area contributed by atoms with E-state index in [-0.39, 0.29) is 9.79 Å². The number of pyridine rings is 2. The molecule has 192 valence electrons. The summed E-state index contributed by atoms with van der Waals surface area (Å²) in [4.78, 5) is 9.24. The first-order chi connectivity index (χ1) is 18.9. The Kier molecular flexibility index (Phi) is 6.04. The van der Waals surface area contributed by atoms with Crippen molar-refractivity contribution in [1.29, 1.82) is 0 Å². The first kappa shape index (κ1) is 24.3. The topological polar surface area (TPSA) is 118 Å². The van der Waals surface area contributed by atoms with Gasteiger partial charge in [-0.3, -0.25) is 8.80 Å². The molecule has 0 saturated heterocycles. The van der Waals surface area contributed by atoms with Crippen molar-refractivity contribution in [3.8, 4) is 0 Å². The Hall–Kier alpha value is -5.03. The first-order valence-corrected chi connectivity index (χ1v) is 13.5. The van der Waals surface area contributed by atoms with Gasteiger partial charge in [0, 0.05) is 12.4 Å². The molecule has 0 aliphatic carbocycles. The highest BCUT2D eigenvalue weighted by molar-refractivity contribution is 7.91. The SMILES string of the molecule is Cc1nc2ccccn2c1N=Nc1ccc(S(=O)(=O)c2ccc(N=Nc3c(C)nc4ccccn34)cc2)cc1. The van der Waals surface area contributed by atoms with Crippen molar-refractivity contribution in [2.24, 2.45) is 20.5 Å². The second-order valence-corrected chi connectivity index (χ2v) is 10.7. The van der Waals surface area contributed by atoms with E-state index in [9.17, 15) is 8.42 Å². The van der Waals surface area contributed by atoms with Crippen LogP contribution < -0.4 is 0 Å². The van der Waals surface area contributed by atoms with Crippen LogP contribution in [-0.4, -0.2) is 27.2 Å². The molecule has 4 aromatic heterocycles. The highest BCUT2D eigenvalue weighted by Gasteiger charge is 2.17. The van der Waals surface area contributed by atoms with E-state index in [1.165, 1.54) is 24.3 Å². The van der Waals surface area contributed by atoms with Gasteiger partial charge in [-0.25, -0.2) is 18.4 Å². The van der Waals surface area contributed by atoms with Crippen LogP contribution in [0.3, 0.4) is 0 Å². The van der Waals surface area contributed by atoms with Gasteiger partial charge in [-0.05, 0) is 86.6 Å². The third-order valence-electron chi connectivity index (χ3n) is 6.16. The molecule has 39 heavy (non-hydrogen) atoms. The number of hydrogen-bond acceptors (Lipinski definition) is 8. The summed E-state index contributed by atoms with van der Waals surface area (Å²) in [7, 11) is -3.73. The summed E-state index contributed by atoms with van der Waals surface area (Å²) in [6.07, 6.45) is 3.74. The molecule has 10 nitrogen and oxygen atoms in total. The molecule has 0 spiro atoms. The summed E-state index contributed by atoms with van der Waals surface area (Å²) < 4.78 is 30.1. The van der Waals surface area contributed by atoms with Crippen molar-refractivity contribution in [2.45, 2.75) is 23.6 Å². The van der Waals surface area contributed by atoms with Gasteiger partial charge in [0.15, 0.2) is 11.6 Å². The fraction of sp³-hybridized carbons (Fsp3) is 0.0714. The lowest BCUT2D eigenvalue weighted by Gasteiger charge is -2.05. The molecule has 0 aliphatic heterocycles. The highest BCUT2D eigenvalue weighted by Crippen LogP contribution is 2.28. The number of hydrogen-bond donors (Lipinski definition) is 0. The van der Waals surface area contributed by atoms with Crippen molar-refractivity contribution in [3.63, 3.8) is 0 Å². The second-order valence-electron chi connectivity index (χ2n) is 8.79. The number of aromatic nitrogens is 4. The molecule has 0 saturated carbocycles. The summed E-state index contributed by atoms with van der Waals surface area (Å²) in [5, 5.41) is 17.2. The zero-order valence-corrected chi connectivity index (χ0v) is 21.9. The predicted octanol–water partition coefficient (Wildman–Crippen LogP) is 7.26. The Bertz CT molecular complexity index is 1850. The number of fused-ring (bicyclic) bond motifs is 2. The van der Waals surface area contributed by atoms with Crippen LogP contribution in [0.15, 0.2) is 128 Å². The van der Waals surface area contributed by atoms with Gasteiger partial charge < -0.3 is 0 Å². The van der Waals surface area contributed by atoms with E-state index in [2.05, 4.69) is 30.4 Å². The van der Waals surface area contributed by atoms with E-state index in [0.29, 0.717) is 23.0 Å². The van der Waals surface area contributed by atoms with Crippen LogP contribution in [0.4, 0.5) is 23.0 Å². The van der Waals surface area contributed by atoms with Crippen LogP contribution >= 0.6 is 0 Å². The van der Waals surface area contributed by atoms with Gasteiger partial charge >= 0.3 is 0 Å². The fourth-order valence-electron chi connectivity index (χ4n) is 4.17. The Morgan fingerprint density at radius 1 is 0.564 bits per heavy atom. The summed E-state index contributed by atoms with van der Waals surface area (Å²) in [6, 6.07) is 23.9. The zero-order chi connectivity index (χ0) is 27.0. The number of azo groups is 2. The normalized spacial score (nSPS) is 12.4. The predicted molar refractivity (Wildman–Crippen MR) is 147 cm³/mol. The summed E-state index contributed by atoms with van der Waals surface area (Å²) in [5.41, 5.74) is 4.11. The van der Waals surface area contributed by atoms with Crippen molar-refractivity contribution < 1.29 is 8.42 Å². The van der Waals surface area contributed by atoms with Gasteiger partial charge in [0.1, 0.15) is 11.3 Å². The van der Waals surface area contributed by atoms with Gasteiger partial charge in [0.2, 0.25) is 9.84 Å². The number of imidazole rings is 2. The molecule has 0 amide bonds. The number of aryl methyl sites for hydroxylation is 2. The van der Waals surface area contributed by atoms with Crippen LogP contribution in [0.2, 0.25) is 0 Å². The van der Waals surface area contributed by atoms with Crippen LogP contribution in [0.5, 0.6) is 0 Å². The van der Waals surface area contributed by atoms with Crippen LogP contribution in [0, 0.1) is 13.8 Å². The molecule has 6 aromatic rings. The first-order valence-electron chi connectivity index (χ1n) is 12.1. The van der Waals surface area contributed by atoms with Gasteiger partial charge in [-0.2, -0.15) is 0 Å². The molecule has 2 aromatic carbocycles. The van der Waals surface area contributed by atoms with E-state index < -0.39 is 9.84 Å². The minimum Gasteiger partial charge on any atom is -0.283 e. The third-order valence-corrected chi connectivity index (χ3v) is 7.94. The second kappa shape index (κ2) is 9.69. The lowest BCUT2D eigenvalue weighted by atomic mass is 10.3. The van der Waals surface area contributed by atoms with Crippen molar-refractivity contribution in [1.82, 2.24) is 18.8 Å². The van der Waals surface area contributed by atoms with Crippen molar-refractivity contribution in [2.75, 3.05) is 0 Å². The summed E-state index contributed by atoms with van der Waals surface area (Å²) in [5.74, 6) is 1.24. The molecule has 0 N–H and O–H groups in total. The minimum atomic E-state index is -3.73. The average molecular weight is 535 g/mol. The summed E-state index contributed by atoms with van der Waals surface area (Å²) >= 11 is 0. The summed E-state index contributed by atoms with van der Waals surface area (Å²) in [6.45, 7) is 3.73. The fourth-order valence-corrected chi connectivity index (χ4v) is 5.43. The van der Waals surface area contributed by atoms with Crippen LogP contribution in [0.1, 0.15) is 11.4 Å². The van der Waals surface area contributed by atoms with Gasteiger partial charge in [0.05, 0.1) is 32.6 Å². The maximum absolute atomic E-state index is 13.2. The molecule has 11 heteroatoms. The lowest BCUT2D eigenvalue weighted by Crippen LogP contribution is -2.01. The molecule has 0 aliphatic rings. The van der Waals surface area contributed by atoms with Crippen LogP contribution in [0.25, 0.3) is 11.3 Å². The van der Waals surface area contributed by atoms with Gasteiger partial charge in [0.25, 0.3) is 0 Å². The zero-order valence-electron chi connectivity index (χ0n) is 21.0. The number of sulfone groups is 1. The Morgan fingerprint density at radius 2 is 0.974 bits per heavy atom. The van der Waals surface area contributed by atoms with E-state index in [4.69, 9.17) is 0 Å². The van der Waals surface area contributed by atoms with Crippen LogP contribution in [-0.2, 0) is 9.84 Å². The Morgan fingerprint density at radius 3 is 1.38 bits per heavy atom. The molecule has 0 atom stereocenters. The monoisotopic (exact) mass is 534 g/mol. The minimum absolute atomic E-state index is 0.156. The van der Waals surface area contributed by atoms with E-state index in [1.54, 1.807) is 24.3 Å². The number of rotatable bonds is 6. The van der Waals surface area contributed by atoms with Gasteiger partial charge in [-0.15, -0.1) is 20.5 Å². The molecule has 0 radical (unpaired) electrons. The van der Waals surface area contributed by atoms with Gasteiger partial charge in [-0.1, -0.05) is 12.1 Å². The molecule has 0 bridgehead atoms. The maximum Gasteiger partial charge on any atom is 0.206 e. The standard InChI is InChI=1S/C28H22N8O2S/c1-19-27(35-17-5-3-7-25(35)29-19)33-31-21-9-13-23(14-10-21)39(37,38)24-15-11-22(12-16-24)32-34-28-20(2)30-26-8-4-6-18-36(26)28/h3-18H,1-2H3. The van der Waals surface area contributed by atoms with E-state index in [0.717, 1.165) is 22.7 Å². The number of benzene rings is 2. The number of nitrogens with zero attached hydrogens (tertiary/aromatic N) is 8. The lowest BCUT2D eigenvalue weighted by molar-refractivity contribution is 0.596. The maximum atomic E-state index is 13.2. The molecular formula is C28H22N8O2S. The average Bonchev–Trinajstić information content (AvgIpc) is 3.45. The third kappa shape index (κ3) is 4.59. The smallest absolute Gasteiger partial charge is 0.206 e. The molecule has 0 unspecified atom stereocenters. The molecule has 4 heterocycles. The molecule has 0 fully saturated rings. The highest BCUT2D eigenvalue weighted by atomic mass is 32.2. The Balaban J connectivity index is 1.20. The quantitative estimate of drug-likeness (QED) is 0.209. The van der Waals surface area contributed by atoms with E-state index >= 15 is 0 Å². The molecular weight excluding hydrogens is 512 g/mol. The Labute approximate surface area is 224 Å².